The number of benzene rings is 1. The second-order valence-electron chi connectivity index (χ2n) is 4.56. The average Bonchev–Trinajstić information content (AvgIpc) is 2.84. The molecule has 0 saturated carbocycles. The van der Waals surface area contributed by atoms with E-state index in [2.05, 4.69) is 5.32 Å². The number of nitrogens with one attached hydrogen (secondary N) is 1. The van der Waals surface area contributed by atoms with E-state index in [9.17, 15) is 9.59 Å². The van der Waals surface area contributed by atoms with Gasteiger partial charge in [-0.25, -0.2) is 0 Å². The molecule has 0 radical (unpaired) electrons. The normalized spacial score (nSPS) is 10.7. The van der Waals surface area contributed by atoms with Crippen LogP contribution in [0.15, 0.2) is 41.8 Å². The predicted octanol–water partition coefficient (Wildman–Crippen LogP) is 3.34. The Morgan fingerprint density at radius 2 is 1.95 bits per heavy atom. The molecule has 0 bridgehead atoms. The summed E-state index contributed by atoms with van der Waals surface area (Å²) in [6, 6.07) is 8.78. The molecule has 2 rings (SSSR count). The Hall–Kier alpha value is -2.40. The fourth-order valence-corrected chi connectivity index (χ4v) is 2.59. The van der Waals surface area contributed by atoms with E-state index < -0.39 is 5.97 Å². The van der Waals surface area contributed by atoms with Crippen molar-refractivity contribution in [3.63, 3.8) is 0 Å². The molecule has 0 aliphatic heterocycles. The van der Waals surface area contributed by atoms with Gasteiger partial charge in [-0.2, -0.15) is 0 Å². The van der Waals surface area contributed by atoms with E-state index in [4.69, 9.17) is 5.11 Å². The highest BCUT2D eigenvalue weighted by molar-refractivity contribution is 7.11. The van der Waals surface area contributed by atoms with Crippen LogP contribution in [-0.4, -0.2) is 17.0 Å². The lowest BCUT2D eigenvalue weighted by atomic mass is 10.1. The molecular weight excluding hydrogens is 286 g/mol. The van der Waals surface area contributed by atoms with Gasteiger partial charge in [-0.05, 0) is 47.7 Å². The molecule has 0 fully saturated rings. The molecule has 0 aliphatic carbocycles. The lowest BCUT2D eigenvalue weighted by Gasteiger charge is -2.03. The average molecular weight is 301 g/mol. The molecule has 1 heterocycles. The Morgan fingerprint density at radius 1 is 1.24 bits per heavy atom. The summed E-state index contributed by atoms with van der Waals surface area (Å²) in [5.41, 5.74) is 2.48. The van der Waals surface area contributed by atoms with Gasteiger partial charge in [-0.3, -0.25) is 9.59 Å². The second kappa shape index (κ2) is 6.85. The highest BCUT2D eigenvalue weighted by Crippen LogP contribution is 2.17. The number of anilines is 1. The van der Waals surface area contributed by atoms with Gasteiger partial charge in [0.15, 0.2) is 0 Å². The molecule has 0 spiro atoms. The summed E-state index contributed by atoms with van der Waals surface area (Å²) in [7, 11) is 0. The largest absolute Gasteiger partial charge is 0.481 e. The summed E-state index contributed by atoms with van der Waals surface area (Å²) >= 11 is 1.58. The van der Waals surface area contributed by atoms with Crippen LogP contribution in [0.3, 0.4) is 0 Å². The summed E-state index contributed by atoms with van der Waals surface area (Å²) < 4.78 is 0. The van der Waals surface area contributed by atoms with Gasteiger partial charge in [-0.1, -0.05) is 12.1 Å². The smallest absolute Gasteiger partial charge is 0.307 e. The third-order valence-electron chi connectivity index (χ3n) is 2.86. The number of hydrogen-bond donors (Lipinski definition) is 2. The zero-order chi connectivity index (χ0) is 15.2. The van der Waals surface area contributed by atoms with Gasteiger partial charge in [0.1, 0.15) is 0 Å². The number of thiophene rings is 1. The molecule has 1 aromatic carbocycles. The van der Waals surface area contributed by atoms with Crippen LogP contribution < -0.4 is 5.32 Å². The SMILES string of the molecule is Cc1ccsc1/C=C/C(=O)Nc1ccc(CC(=O)O)cc1. The van der Waals surface area contributed by atoms with Crippen molar-refractivity contribution in [2.75, 3.05) is 5.32 Å². The quantitative estimate of drug-likeness (QED) is 0.832. The summed E-state index contributed by atoms with van der Waals surface area (Å²) in [6.45, 7) is 2.00. The van der Waals surface area contributed by atoms with E-state index in [1.165, 1.54) is 6.08 Å². The minimum atomic E-state index is -0.874. The lowest BCUT2D eigenvalue weighted by molar-refractivity contribution is -0.136. The number of carbonyl (C=O) groups is 2. The van der Waals surface area contributed by atoms with E-state index in [1.807, 2.05) is 18.4 Å². The maximum Gasteiger partial charge on any atom is 0.307 e. The molecule has 0 aliphatic rings. The third kappa shape index (κ3) is 4.57. The standard InChI is InChI=1S/C16H15NO3S/c1-11-8-9-21-14(11)6-7-15(18)17-13-4-2-12(3-5-13)10-16(19)20/h2-9H,10H2,1H3,(H,17,18)(H,19,20)/b7-6+. The second-order valence-corrected chi connectivity index (χ2v) is 5.51. The number of aryl methyl sites for hydroxylation is 1. The molecular formula is C16H15NO3S. The first-order chi connectivity index (χ1) is 10.0. The van der Waals surface area contributed by atoms with Gasteiger partial charge in [0.2, 0.25) is 5.91 Å². The predicted molar refractivity (Wildman–Crippen MR) is 84.5 cm³/mol. The van der Waals surface area contributed by atoms with Crippen LogP contribution in [0.2, 0.25) is 0 Å². The lowest BCUT2D eigenvalue weighted by Crippen LogP contribution is -2.08. The van der Waals surface area contributed by atoms with Gasteiger partial charge >= 0.3 is 5.97 Å². The van der Waals surface area contributed by atoms with Crippen molar-refractivity contribution in [1.82, 2.24) is 0 Å². The molecule has 21 heavy (non-hydrogen) atoms. The molecule has 0 saturated heterocycles. The van der Waals surface area contributed by atoms with E-state index in [0.717, 1.165) is 10.4 Å². The first-order valence-electron chi connectivity index (χ1n) is 6.38. The number of carbonyl (C=O) groups excluding carboxylic acids is 1. The molecule has 5 heteroatoms. The van der Waals surface area contributed by atoms with Crippen LogP contribution in [0.1, 0.15) is 16.0 Å². The van der Waals surface area contributed by atoms with Crippen molar-refractivity contribution in [3.8, 4) is 0 Å². The van der Waals surface area contributed by atoms with E-state index in [0.29, 0.717) is 11.3 Å². The minimum absolute atomic E-state index is 0.0220. The van der Waals surface area contributed by atoms with Crippen molar-refractivity contribution in [3.05, 3.63) is 57.8 Å². The summed E-state index contributed by atoms with van der Waals surface area (Å²) in [5, 5.41) is 13.4. The molecule has 108 valence electrons. The number of amides is 1. The Bertz CT molecular complexity index is 671. The Kier molecular flexibility index (Phi) is 4.90. The van der Waals surface area contributed by atoms with E-state index in [-0.39, 0.29) is 12.3 Å². The number of hydrogen-bond acceptors (Lipinski definition) is 3. The maximum absolute atomic E-state index is 11.8. The Morgan fingerprint density at radius 3 is 2.52 bits per heavy atom. The van der Waals surface area contributed by atoms with Crippen molar-refractivity contribution in [2.24, 2.45) is 0 Å². The first kappa shape index (κ1) is 15.0. The van der Waals surface area contributed by atoms with E-state index in [1.54, 1.807) is 41.7 Å². The monoisotopic (exact) mass is 301 g/mol. The van der Waals surface area contributed by atoms with Gasteiger partial charge in [0.25, 0.3) is 0 Å². The van der Waals surface area contributed by atoms with E-state index >= 15 is 0 Å². The molecule has 0 unspecified atom stereocenters. The van der Waals surface area contributed by atoms with Gasteiger partial charge in [0.05, 0.1) is 6.42 Å². The molecule has 1 aromatic heterocycles. The Balaban J connectivity index is 1.95. The minimum Gasteiger partial charge on any atom is -0.481 e. The van der Waals surface area contributed by atoms with Crippen LogP contribution in [0, 0.1) is 6.92 Å². The summed E-state index contributed by atoms with van der Waals surface area (Å²) in [4.78, 5) is 23.4. The maximum atomic E-state index is 11.8. The van der Waals surface area contributed by atoms with Crippen LogP contribution in [-0.2, 0) is 16.0 Å². The number of aliphatic carboxylic acids is 1. The molecule has 0 atom stereocenters. The molecule has 2 N–H and O–H groups in total. The van der Waals surface area contributed by atoms with Gasteiger partial charge in [0, 0.05) is 16.6 Å². The number of rotatable bonds is 5. The summed E-state index contributed by atoms with van der Waals surface area (Å²) in [5.74, 6) is -1.09. The molecule has 2 aromatic rings. The first-order valence-corrected chi connectivity index (χ1v) is 7.26. The number of carboxylic acid groups (broad SMARTS) is 1. The topological polar surface area (TPSA) is 66.4 Å². The highest BCUT2D eigenvalue weighted by Gasteiger charge is 2.02. The fraction of sp³-hybridized carbons (Fsp3) is 0.125. The number of carboxylic acids is 1. The van der Waals surface area contributed by atoms with Crippen LogP contribution in [0.4, 0.5) is 5.69 Å². The van der Waals surface area contributed by atoms with Crippen molar-refractivity contribution < 1.29 is 14.7 Å². The van der Waals surface area contributed by atoms with Crippen molar-refractivity contribution >= 4 is 35.0 Å². The van der Waals surface area contributed by atoms with Crippen molar-refractivity contribution in [1.29, 1.82) is 0 Å². The molecule has 4 nitrogen and oxygen atoms in total. The van der Waals surface area contributed by atoms with Crippen LogP contribution >= 0.6 is 11.3 Å². The summed E-state index contributed by atoms with van der Waals surface area (Å²) in [6.07, 6.45) is 3.25. The van der Waals surface area contributed by atoms with Crippen LogP contribution in [0.25, 0.3) is 6.08 Å². The van der Waals surface area contributed by atoms with Gasteiger partial charge in [-0.15, -0.1) is 11.3 Å². The zero-order valence-electron chi connectivity index (χ0n) is 11.5. The van der Waals surface area contributed by atoms with Gasteiger partial charge < -0.3 is 10.4 Å². The third-order valence-corrected chi connectivity index (χ3v) is 3.85. The highest BCUT2D eigenvalue weighted by atomic mass is 32.1. The molecule has 1 amide bonds. The van der Waals surface area contributed by atoms with Crippen LogP contribution in [0.5, 0.6) is 0 Å². The Labute approximate surface area is 126 Å². The zero-order valence-corrected chi connectivity index (χ0v) is 12.3. The van der Waals surface area contributed by atoms with Crippen molar-refractivity contribution in [2.45, 2.75) is 13.3 Å². The fourth-order valence-electron chi connectivity index (χ4n) is 1.77.